The summed E-state index contributed by atoms with van der Waals surface area (Å²) in [6.07, 6.45) is 1.20. The summed E-state index contributed by atoms with van der Waals surface area (Å²) in [7, 11) is -3.31. The number of aryl methyl sites for hydroxylation is 1. The SMILES string of the molecule is Cc1cccc2cc(C(NN)C(C)(C)S(C)(=O)=O)oc12. The van der Waals surface area contributed by atoms with Gasteiger partial charge in [-0.3, -0.25) is 5.84 Å². The molecular formula is C14H20N2O3S. The number of para-hydroxylation sites is 1. The zero-order valence-electron chi connectivity index (χ0n) is 12.1. The average Bonchev–Trinajstić information content (AvgIpc) is 2.73. The molecule has 0 aliphatic carbocycles. The molecule has 0 spiro atoms. The van der Waals surface area contributed by atoms with Crippen molar-refractivity contribution in [1.82, 2.24) is 5.43 Å². The third-order valence-corrected chi connectivity index (χ3v) is 6.01. The van der Waals surface area contributed by atoms with Crippen LogP contribution < -0.4 is 11.3 Å². The van der Waals surface area contributed by atoms with Gasteiger partial charge in [0.15, 0.2) is 9.84 Å². The van der Waals surface area contributed by atoms with Crippen molar-refractivity contribution in [2.45, 2.75) is 31.6 Å². The number of nitrogens with two attached hydrogens (primary N) is 1. The van der Waals surface area contributed by atoms with Gasteiger partial charge in [0.05, 0.1) is 10.8 Å². The van der Waals surface area contributed by atoms with E-state index in [1.54, 1.807) is 13.8 Å². The lowest BCUT2D eigenvalue weighted by Crippen LogP contribution is -2.47. The summed E-state index contributed by atoms with van der Waals surface area (Å²) in [6.45, 7) is 5.21. The van der Waals surface area contributed by atoms with E-state index in [0.717, 1.165) is 16.5 Å². The van der Waals surface area contributed by atoms with Gasteiger partial charge in [-0.2, -0.15) is 0 Å². The van der Waals surface area contributed by atoms with Gasteiger partial charge in [0.25, 0.3) is 0 Å². The van der Waals surface area contributed by atoms with Crippen LogP contribution in [0.2, 0.25) is 0 Å². The average molecular weight is 296 g/mol. The quantitative estimate of drug-likeness (QED) is 0.666. The van der Waals surface area contributed by atoms with Crippen molar-refractivity contribution >= 4 is 20.8 Å². The van der Waals surface area contributed by atoms with E-state index in [-0.39, 0.29) is 0 Å². The first kappa shape index (κ1) is 15.0. The highest BCUT2D eigenvalue weighted by Gasteiger charge is 2.41. The number of furan rings is 1. The first-order chi connectivity index (χ1) is 9.18. The predicted octanol–water partition coefficient (Wildman–Crippen LogP) is 2.07. The molecule has 1 aromatic carbocycles. The molecule has 5 nitrogen and oxygen atoms in total. The first-order valence-corrected chi connectivity index (χ1v) is 8.22. The number of rotatable bonds is 4. The summed E-state index contributed by atoms with van der Waals surface area (Å²) < 4.78 is 28.7. The lowest BCUT2D eigenvalue weighted by Gasteiger charge is -2.30. The largest absolute Gasteiger partial charge is 0.459 e. The Morgan fingerprint density at radius 1 is 1.35 bits per heavy atom. The van der Waals surface area contributed by atoms with Gasteiger partial charge in [0.1, 0.15) is 11.3 Å². The smallest absolute Gasteiger partial charge is 0.154 e. The minimum absolute atomic E-state index is 0.521. The molecule has 0 aliphatic heterocycles. The molecule has 0 saturated carbocycles. The van der Waals surface area contributed by atoms with Gasteiger partial charge in [0, 0.05) is 11.6 Å². The van der Waals surface area contributed by atoms with E-state index in [1.807, 2.05) is 31.2 Å². The summed E-state index contributed by atoms with van der Waals surface area (Å²) in [5.41, 5.74) is 4.33. The number of sulfone groups is 1. The fraction of sp³-hybridized carbons (Fsp3) is 0.429. The zero-order valence-corrected chi connectivity index (χ0v) is 12.9. The highest BCUT2D eigenvalue weighted by atomic mass is 32.2. The van der Waals surface area contributed by atoms with E-state index < -0.39 is 20.6 Å². The number of hydrazine groups is 1. The molecule has 1 atom stereocenters. The van der Waals surface area contributed by atoms with Crippen LogP contribution in [-0.4, -0.2) is 19.4 Å². The van der Waals surface area contributed by atoms with Gasteiger partial charge in [-0.1, -0.05) is 18.2 Å². The molecule has 0 amide bonds. The van der Waals surface area contributed by atoms with Crippen LogP contribution in [0, 0.1) is 6.92 Å². The van der Waals surface area contributed by atoms with Crippen LogP contribution >= 0.6 is 0 Å². The summed E-state index contributed by atoms with van der Waals surface area (Å²) in [4.78, 5) is 0. The first-order valence-electron chi connectivity index (χ1n) is 6.33. The van der Waals surface area contributed by atoms with Crippen molar-refractivity contribution in [3.05, 3.63) is 35.6 Å². The summed E-state index contributed by atoms with van der Waals surface area (Å²) in [5.74, 6) is 6.09. The van der Waals surface area contributed by atoms with Gasteiger partial charge in [-0.05, 0) is 32.4 Å². The van der Waals surface area contributed by atoms with Crippen LogP contribution in [0.4, 0.5) is 0 Å². The second kappa shape index (κ2) is 4.87. The van der Waals surface area contributed by atoms with Crippen LogP contribution in [0.3, 0.4) is 0 Å². The van der Waals surface area contributed by atoms with E-state index in [9.17, 15) is 8.42 Å². The van der Waals surface area contributed by atoms with Crippen molar-refractivity contribution < 1.29 is 12.8 Å². The Morgan fingerprint density at radius 2 is 2.00 bits per heavy atom. The van der Waals surface area contributed by atoms with E-state index in [2.05, 4.69) is 5.43 Å². The highest BCUT2D eigenvalue weighted by molar-refractivity contribution is 7.92. The van der Waals surface area contributed by atoms with Crippen LogP contribution in [0.5, 0.6) is 0 Å². The molecule has 0 aliphatic rings. The van der Waals surface area contributed by atoms with Crippen LogP contribution in [0.15, 0.2) is 28.7 Å². The fourth-order valence-corrected chi connectivity index (χ4v) is 2.82. The fourth-order valence-electron chi connectivity index (χ4n) is 2.21. The number of benzene rings is 1. The topological polar surface area (TPSA) is 85.3 Å². The van der Waals surface area contributed by atoms with Gasteiger partial charge < -0.3 is 4.42 Å². The lowest BCUT2D eigenvalue weighted by molar-refractivity contribution is 0.366. The third-order valence-electron chi connectivity index (χ3n) is 3.86. The van der Waals surface area contributed by atoms with Crippen LogP contribution in [-0.2, 0) is 9.84 Å². The van der Waals surface area contributed by atoms with Crippen molar-refractivity contribution in [2.24, 2.45) is 5.84 Å². The third kappa shape index (κ3) is 2.34. The molecule has 2 rings (SSSR count). The van der Waals surface area contributed by atoms with Crippen LogP contribution in [0.25, 0.3) is 11.0 Å². The second-order valence-corrected chi connectivity index (χ2v) is 8.21. The molecule has 1 aromatic heterocycles. The van der Waals surface area contributed by atoms with Crippen LogP contribution in [0.1, 0.15) is 31.2 Å². The zero-order chi connectivity index (χ0) is 15.1. The minimum Gasteiger partial charge on any atom is -0.459 e. The van der Waals surface area contributed by atoms with Crippen molar-refractivity contribution in [3.63, 3.8) is 0 Å². The molecule has 0 fully saturated rings. The Kier molecular flexibility index (Phi) is 3.66. The Hall–Kier alpha value is -1.37. The maximum absolute atomic E-state index is 12.0. The molecule has 6 heteroatoms. The van der Waals surface area contributed by atoms with E-state index >= 15 is 0 Å². The van der Waals surface area contributed by atoms with E-state index in [0.29, 0.717) is 5.76 Å². The second-order valence-electron chi connectivity index (χ2n) is 5.62. The van der Waals surface area contributed by atoms with Gasteiger partial charge in [-0.15, -0.1) is 0 Å². The normalized spacial score (nSPS) is 14.7. The summed E-state index contributed by atoms with van der Waals surface area (Å²) in [6, 6.07) is 7.02. The number of fused-ring (bicyclic) bond motifs is 1. The van der Waals surface area contributed by atoms with Gasteiger partial charge in [0.2, 0.25) is 0 Å². The molecule has 20 heavy (non-hydrogen) atoms. The Balaban J connectivity index is 2.58. The van der Waals surface area contributed by atoms with Crippen molar-refractivity contribution in [1.29, 1.82) is 0 Å². The molecule has 1 unspecified atom stereocenters. The predicted molar refractivity (Wildman–Crippen MR) is 79.9 cm³/mol. The highest BCUT2D eigenvalue weighted by Crippen LogP contribution is 2.35. The Labute approximate surface area is 119 Å². The number of hydrogen-bond donors (Lipinski definition) is 2. The maximum Gasteiger partial charge on any atom is 0.154 e. The van der Waals surface area contributed by atoms with E-state index in [4.69, 9.17) is 10.3 Å². The minimum atomic E-state index is -3.31. The molecule has 1 heterocycles. The molecular weight excluding hydrogens is 276 g/mol. The molecule has 3 N–H and O–H groups in total. The Bertz CT molecular complexity index is 732. The van der Waals surface area contributed by atoms with E-state index in [1.165, 1.54) is 6.26 Å². The number of hydrogen-bond acceptors (Lipinski definition) is 5. The summed E-state index contributed by atoms with van der Waals surface area (Å²) >= 11 is 0. The van der Waals surface area contributed by atoms with Crippen molar-refractivity contribution in [3.8, 4) is 0 Å². The molecule has 0 radical (unpaired) electrons. The molecule has 2 aromatic rings. The van der Waals surface area contributed by atoms with Gasteiger partial charge >= 0.3 is 0 Å². The molecule has 0 saturated heterocycles. The Morgan fingerprint density at radius 3 is 2.50 bits per heavy atom. The number of nitrogens with one attached hydrogen (secondary N) is 1. The monoisotopic (exact) mass is 296 g/mol. The lowest BCUT2D eigenvalue weighted by atomic mass is 10.0. The molecule has 110 valence electrons. The molecule has 0 bridgehead atoms. The maximum atomic E-state index is 12.0. The summed E-state index contributed by atoms with van der Waals surface area (Å²) in [5, 5.41) is 0.935. The van der Waals surface area contributed by atoms with Gasteiger partial charge in [-0.25, -0.2) is 13.8 Å². The van der Waals surface area contributed by atoms with Crippen molar-refractivity contribution in [2.75, 3.05) is 6.26 Å². The standard InChI is InChI=1S/C14H20N2O3S/c1-9-6-5-7-10-8-11(19-12(9)10)13(16-15)14(2,3)20(4,17)18/h5-8,13,16H,15H2,1-4H3.